The van der Waals surface area contributed by atoms with Crippen molar-refractivity contribution in [2.24, 2.45) is 0 Å². The molecule has 2 N–H and O–H groups in total. The highest BCUT2D eigenvalue weighted by atomic mass is 19.3. The lowest BCUT2D eigenvalue weighted by atomic mass is 10.0. The third-order valence-corrected chi connectivity index (χ3v) is 2.81. The Bertz CT molecular complexity index is 485. The second-order valence-electron chi connectivity index (χ2n) is 4.03. The first-order valence-electron chi connectivity index (χ1n) is 5.89. The van der Waals surface area contributed by atoms with Crippen molar-refractivity contribution in [2.45, 2.75) is 19.1 Å². The molecule has 19 heavy (non-hydrogen) atoms. The summed E-state index contributed by atoms with van der Waals surface area (Å²) in [5, 5.41) is 3.17. The summed E-state index contributed by atoms with van der Waals surface area (Å²) in [6, 6.07) is 6.66. The van der Waals surface area contributed by atoms with Crippen molar-refractivity contribution < 1.29 is 13.5 Å². The fraction of sp³-hybridized carbons (Fsp3) is 0.308. The zero-order chi connectivity index (χ0) is 13.7. The average molecular weight is 267 g/mol. The van der Waals surface area contributed by atoms with E-state index in [0.29, 0.717) is 6.42 Å². The number of imidazole rings is 1. The van der Waals surface area contributed by atoms with Gasteiger partial charge in [-0.15, -0.1) is 0 Å². The summed E-state index contributed by atoms with van der Waals surface area (Å²) in [4.78, 5) is 7.20. The van der Waals surface area contributed by atoms with Crippen molar-refractivity contribution >= 4 is 0 Å². The molecule has 0 fully saturated rings. The number of alkyl halides is 2. The van der Waals surface area contributed by atoms with E-state index in [-0.39, 0.29) is 11.8 Å². The van der Waals surface area contributed by atoms with Crippen LogP contribution >= 0.6 is 0 Å². The maximum atomic E-state index is 12.1. The zero-order valence-electron chi connectivity index (χ0n) is 10.4. The topological polar surface area (TPSA) is 49.9 Å². The van der Waals surface area contributed by atoms with Gasteiger partial charge in [-0.1, -0.05) is 12.1 Å². The summed E-state index contributed by atoms with van der Waals surface area (Å²) in [5.41, 5.74) is 0.987. The Morgan fingerprint density at radius 3 is 2.58 bits per heavy atom. The highest BCUT2D eigenvalue weighted by Gasteiger charge is 2.12. The lowest BCUT2D eigenvalue weighted by molar-refractivity contribution is -0.0498. The van der Waals surface area contributed by atoms with Gasteiger partial charge >= 0.3 is 6.61 Å². The minimum absolute atomic E-state index is 0.0618. The third-order valence-electron chi connectivity index (χ3n) is 2.81. The molecule has 1 unspecified atom stereocenters. The van der Waals surface area contributed by atoms with Crippen molar-refractivity contribution in [3.05, 3.63) is 48.0 Å². The number of halogens is 2. The lowest BCUT2D eigenvalue weighted by Gasteiger charge is -2.16. The number of ether oxygens (including phenoxy) is 1. The number of benzene rings is 1. The number of likely N-dealkylation sites (N-methyl/N-ethyl adjacent to an activating group) is 1. The maximum absolute atomic E-state index is 12.1. The molecule has 0 radical (unpaired) electrons. The van der Waals surface area contributed by atoms with Crippen LogP contribution in [0.25, 0.3) is 0 Å². The van der Waals surface area contributed by atoms with E-state index >= 15 is 0 Å². The second-order valence-corrected chi connectivity index (χ2v) is 4.03. The zero-order valence-corrected chi connectivity index (χ0v) is 10.4. The molecule has 0 aliphatic rings. The Hall–Kier alpha value is -1.95. The SMILES string of the molecule is CNC(Cc1ncc[nH]1)c1ccc(OC(F)F)cc1. The van der Waals surface area contributed by atoms with Crippen molar-refractivity contribution in [1.82, 2.24) is 15.3 Å². The number of hydrogen-bond donors (Lipinski definition) is 2. The highest BCUT2D eigenvalue weighted by Crippen LogP contribution is 2.21. The largest absolute Gasteiger partial charge is 0.435 e. The van der Waals surface area contributed by atoms with Gasteiger partial charge in [-0.3, -0.25) is 0 Å². The van der Waals surface area contributed by atoms with Crippen LogP contribution < -0.4 is 10.1 Å². The molecule has 4 nitrogen and oxygen atoms in total. The number of rotatable bonds is 6. The van der Waals surface area contributed by atoms with Gasteiger partial charge in [0.1, 0.15) is 11.6 Å². The van der Waals surface area contributed by atoms with E-state index in [9.17, 15) is 8.78 Å². The van der Waals surface area contributed by atoms with Crippen molar-refractivity contribution in [2.75, 3.05) is 7.05 Å². The molecule has 2 rings (SSSR count). The van der Waals surface area contributed by atoms with Gasteiger partial charge in [0.2, 0.25) is 0 Å². The normalized spacial score (nSPS) is 12.6. The monoisotopic (exact) mass is 267 g/mol. The molecule has 0 saturated heterocycles. The molecule has 2 aromatic rings. The van der Waals surface area contributed by atoms with E-state index in [4.69, 9.17) is 0 Å². The Morgan fingerprint density at radius 2 is 2.05 bits per heavy atom. The molecule has 1 heterocycles. The van der Waals surface area contributed by atoms with E-state index in [2.05, 4.69) is 20.0 Å². The molecule has 0 amide bonds. The second kappa shape index (κ2) is 6.29. The summed E-state index contributed by atoms with van der Waals surface area (Å²) in [5.74, 6) is 1.03. The first-order valence-corrected chi connectivity index (χ1v) is 5.89. The summed E-state index contributed by atoms with van der Waals surface area (Å²) in [6.45, 7) is -2.80. The molecule has 6 heteroatoms. The van der Waals surface area contributed by atoms with Crippen LogP contribution in [0.15, 0.2) is 36.7 Å². The van der Waals surface area contributed by atoms with Crippen LogP contribution in [-0.4, -0.2) is 23.6 Å². The molecule has 1 aromatic heterocycles. The summed E-state index contributed by atoms with van der Waals surface area (Å²) in [7, 11) is 1.84. The summed E-state index contributed by atoms with van der Waals surface area (Å²) in [6.07, 6.45) is 4.15. The van der Waals surface area contributed by atoms with Crippen LogP contribution in [-0.2, 0) is 6.42 Å². The lowest BCUT2D eigenvalue weighted by Crippen LogP contribution is -2.19. The smallest absolute Gasteiger partial charge is 0.387 e. The van der Waals surface area contributed by atoms with Gasteiger partial charge in [0.05, 0.1) is 0 Å². The van der Waals surface area contributed by atoms with E-state index in [1.54, 1.807) is 24.5 Å². The molecule has 102 valence electrons. The first-order chi connectivity index (χ1) is 9.19. The van der Waals surface area contributed by atoms with E-state index < -0.39 is 6.61 Å². The van der Waals surface area contributed by atoms with Crippen molar-refractivity contribution in [3.8, 4) is 5.75 Å². The molecule has 0 aliphatic carbocycles. The molecule has 1 aromatic carbocycles. The predicted octanol–water partition coefficient (Wildman–Crippen LogP) is 2.51. The molecule has 0 spiro atoms. The van der Waals surface area contributed by atoms with Gasteiger partial charge in [0, 0.05) is 24.9 Å². The number of aromatic amines is 1. The maximum Gasteiger partial charge on any atom is 0.387 e. The van der Waals surface area contributed by atoms with E-state index in [0.717, 1.165) is 11.4 Å². The van der Waals surface area contributed by atoms with Crippen LogP contribution in [0.1, 0.15) is 17.4 Å². The molecule has 0 saturated carbocycles. The number of nitrogens with zero attached hydrogens (tertiary/aromatic N) is 1. The van der Waals surface area contributed by atoms with Crippen LogP contribution in [0.4, 0.5) is 8.78 Å². The summed E-state index contributed by atoms with van der Waals surface area (Å²) >= 11 is 0. The standard InChI is InChI=1S/C13H15F2N3O/c1-16-11(8-12-17-6-7-18-12)9-2-4-10(5-3-9)19-13(14)15/h2-7,11,13,16H,8H2,1H3,(H,17,18). The van der Waals surface area contributed by atoms with Gasteiger partial charge in [-0.25, -0.2) is 4.98 Å². The number of H-pyrrole nitrogens is 1. The molecule has 0 aliphatic heterocycles. The summed E-state index contributed by atoms with van der Waals surface area (Å²) < 4.78 is 28.4. The quantitative estimate of drug-likeness (QED) is 0.845. The van der Waals surface area contributed by atoms with Gasteiger partial charge < -0.3 is 15.0 Å². The Balaban J connectivity index is 2.06. The molecule has 0 bridgehead atoms. The number of nitrogens with one attached hydrogen (secondary N) is 2. The van der Waals surface area contributed by atoms with E-state index in [1.807, 2.05) is 7.05 Å². The number of hydrogen-bond acceptors (Lipinski definition) is 3. The Labute approximate surface area is 109 Å². The van der Waals surface area contributed by atoms with Crippen molar-refractivity contribution in [1.29, 1.82) is 0 Å². The Kier molecular flexibility index (Phi) is 4.46. The predicted molar refractivity (Wildman–Crippen MR) is 67.2 cm³/mol. The van der Waals surface area contributed by atoms with Crippen molar-refractivity contribution in [3.63, 3.8) is 0 Å². The van der Waals surface area contributed by atoms with Gasteiger partial charge in [-0.2, -0.15) is 8.78 Å². The van der Waals surface area contributed by atoms with Crippen LogP contribution in [0.5, 0.6) is 5.75 Å². The fourth-order valence-electron chi connectivity index (χ4n) is 1.87. The fourth-order valence-corrected chi connectivity index (χ4v) is 1.87. The van der Waals surface area contributed by atoms with Gasteiger partial charge in [0.25, 0.3) is 0 Å². The molecular formula is C13H15F2N3O. The molecular weight excluding hydrogens is 252 g/mol. The van der Waals surface area contributed by atoms with Crippen LogP contribution in [0, 0.1) is 0 Å². The van der Waals surface area contributed by atoms with Gasteiger partial charge in [0.15, 0.2) is 0 Å². The molecule has 1 atom stereocenters. The van der Waals surface area contributed by atoms with Gasteiger partial charge in [-0.05, 0) is 24.7 Å². The minimum atomic E-state index is -2.80. The highest BCUT2D eigenvalue weighted by molar-refractivity contribution is 5.29. The average Bonchev–Trinajstić information content (AvgIpc) is 2.89. The van der Waals surface area contributed by atoms with Crippen LogP contribution in [0.3, 0.4) is 0 Å². The van der Waals surface area contributed by atoms with E-state index in [1.165, 1.54) is 12.1 Å². The van der Waals surface area contributed by atoms with Crippen LogP contribution in [0.2, 0.25) is 0 Å². The number of aromatic nitrogens is 2. The minimum Gasteiger partial charge on any atom is -0.435 e. The third kappa shape index (κ3) is 3.75. The first kappa shape index (κ1) is 13.5. The Morgan fingerprint density at radius 1 is 1.32 bits per heavy atom.